The number of nitrogens with zero attached hydrogens (tertiary/aromatic N) is 2. The van der Waals surface area contributed by atoms with Crippen LogP contribution in [0.2, 0.25) is 0 Å². The van der Waals surface area contributed by atoms with Crippen molar-refractivity contribution in [2.45, 2.75) is 24.7 Å². The van der Waals surface area contributed by atoms with Crippen LogP contribution in [-0.2, 0) is 19.2 Å². The summed E-state index contributed by atoms with van der Waals surface area (Å²) in [7, 11) is 1.42. The van der Waals surface area contributed by atoms with Gasteiger partial charge in [0.1, 0.15) is 17.3 Å². The van der Waals surface area contributed by atoms with Crippen molar-refractivity contribution in [1.29, 1.82) is 0 Å². The number of hydrogen-bond donors (Lipinski definition) is 2. The second-order valence-corrected chi connectivity index (χ2v) is 6.28. The van der Waals surface area contributed by atoms with Gasteiger partial charge in [-0.25, -0.2) is 4.98 Å². The molecule has 1 atom stereocenters. The molecule has 0 bridgehead atoms. The van der Waals surface area contributed by atoms with Gasteiger partial charge in [0.05, 0.1) is 6.54 Å². The highest BCUT2D eigenvalue weighted by atomic mass is 19.4. The van der Waals surface area contributed by atoms with Crippen molar-refractivity contribution >= 4 is 0 Å². The lowest BCUT2D eigenvalue weighted by Crippen LogP contribution is -2.46. The highest BCUT2D eigenvalue weighted by Crippen LogP contribution is 2.40. The van der Waals surface area contributed by atoms with E-state index in [9.17, 15) is 18.3 Å². The van der Waals surface area contributed by atoms with Crippen molar-refractivity contribution in [2.24, 2.45) is 7.05 Å². The van der Waals surface area contributed by atoms with E-state index in [2.05, 4.69) is 10.3 Å². The summed E-state index contributed by atoms with van der Waals surface area (Å²) in [5.74, 6) is 0.856. The predicted octanol–water partition coefficient (Wildman–Crippen LogP) is 3.61. The zero-order valence-electron chi connectivity index (χ0n) is 14.7. The van der Waals surface area contributed by atoms with Gasteiger partial charge < -0.3 is 19.4 Å². The summed E-state index contributed by atoms with van der Waals surface area (Å²) in [5.41, 5.74) is -2.10. The van der Waals surface area contributed by atoms with Gasteiger partial charge in [-0.15, -0.1) is 0 Å². The van der Waals surface area contributed by atoms with Gasteiger partial charge in [-0.3, -0.25) is 0 Å². The fourth-order valence-corrected chi connectivity index (χ4v) is 2.86. The first-order valence-electron chi connectivity index (χ1n) is 8.43. The minimum absolute atomic E-state index is 0.0652. The van der Waals surface area contributed by atoms with Gasteiger partial charge in [-0.1, -0.05) is 30.3 Å². The van der Waals surface area contributed by atoms with Crippen LogP contribution < -0.4 is 5.32 Å². The average molecular weight is 379 g/mol. The first-order chi connectivity index (χ1) is 12.8. The third-order valence-electron chi connectivity index (χ3n) is 4.34. The molecule has 0 aliphatic rings. The Balaban J connectivity index is 1.60. The van der Waals surface area contributed by atoms with Crippen molar-refractivity contribution in [3.05, 3.63) is 66.4 Å². The molecule has 1 aromatic carbocycles. The molecule has 0 fully saturated rings. The quantitative estimate of drug-likeness (QED) is 0.616. The number of imidazole rings is 1. The molecule has 0 radical (unpaired) electrons. The zero-order chi connectivity index (χ0) is 19.5. The smallest absolute Gasteiger partial charge is 0.424 e. The van der Waals surface area contributed by atoms with Crippen molar-refractivity contribution in [1.82, 2.24) is 14.9 Å². The van der Waals surface area contributed by atoms with Gasteiger partial charge in [0.15, 0.2) is 0 Å². The van der Waals surface area contributed by atoms with E-state index in [0.717, 1.165) is 5.56 Å². The summed E-state index contributed by atoms with van der Waals surface area (Å²) in [5, 5.41) is 13.2. The van der Waals surface area contributed by atoms with Gasteiger partial charge in [-0.05, 0) is 18.7 Å². The van der Waals surface area contributed by atoms with Crippen LogP contribution in [0.15, 0.2) is 59.3 Å². The number of furan rings is 1. The molecule has 0 aliphatic heterocycles. The normalized spacial score (nSPS) is 14.3. The van der Waals surface area contributed by atoms with Crippen LogP contribution >= 0.6 is 0 Å². The molecule has 0 amide bonds. The summed E-state index contributed by atoms with van der Waals surface area (Å²) in [6.07, 6.45) is -2.80. The summed E-state index contributed by atoms with van der Waals surface area (Å²) in [6, 6.07) is 13.1. The predicted molar refractivity (Wildman–Crippen MR) is 93.6 cm³/mol. The van der Waals surface area contributed by atoms with Crippen LogP contribution in [0.3, 0.4) is 0 Å². The molecule has 27 heavy (non-hydrogen) atoms. The number of aliphatic hydroxyl groups is 1. The average Bonchev–Trinajstić information content (AvgIpc) is 3.27. The lowest BCUT2D eigenvalue weighted by Gasteiger charge is -2.30. The van der Waals surface area contributed by atoms with Gasteiger partial charge in [-0.2, -0.15) is 13.2 Å². The number of nitrogens with one attached hydrogen (secondary N) is 1. The fourth-order valence-electron chi connectivity index (χ4n) is 2.86. The van der Waals surface area contributed by atoms with E-state index in [4.69, 9.17) is 4.42 Å². The topological polar surface area (TPSA) is 63.2 Å². The summed E-state index contributed by atoms with van der Waals surface area (Å²) in [4.78, 5) is 3.67. The van der Waals surface area contributed by atoms with E-state index in [0.29, 0.717) is 11.5 Å². The molecule has 1 unspecified atom stereocenters. The Morgan fingerprint density at radius 1 is 1.15 bits per heavy atom. The maximum absolute atomic E-state index is 13.4. The van der Waals surface area contributed by atoms with Gasteiger partial charge in [0, 0.05) is 31.4 Å². The number of aromatic nitrogens is 2. The minimum atomic E-state index is -4.83. The molecule has 2 heterocycles. The molecule has 2 N–H and O–H groups in total. The summed E-state index contributed by atoms with van der Waals surface area (Å²) < 4.78 is 47.2. The van der Waals surface area contributed by atoms with Gasteiger partial charge in [0.25, 0.3) is 0 Å². The largest absolute Gasteiger partial charge is 0.460 e. The SMILES string of the molecule is Cn1ccnc1C(O)(CCNCc1ccc(-c2ccccc2)o1)C(F)(F)F. The Morgan fingerprint density at radius 3 is 2.52 bits per heavy atom. The number of benzene rings is 1. The van der Waals surface area contributed by atoms with Crippen molar-refractivity contribution in [3.8, 4) is 11.3 Å². The first kappa shape index (κ1) is 19.2. The maximum Gasteiger partial charge on any atom is 0.424 e. The Labute approximate surface area is 154 Å². The molecular formula is C19H20F3N3O2. The Morgan fingerprint density at radius 2 is 1.89 bits per heavy atom. The van der Waals surface area contributed by atoms with Crippen molar-refractivity contribution in [2.75, 3.05) is 6.54 Å². The van der Waals surface area contributed by atoms with Crippen LogP contribution in [0, 0.1) is 0 Å². The van der Waals surface area contributed by atoms with E-state index < -0.39 is 24.0 Å². The molecule has 0 aliphatic carbocycles. The monoisotopic (exact) mass is 379 g/mol. The number of rotatable bonds is 7. The fraction of sp³-hybridized carbons (Fsp3) is 0.316. The lowest BCUT2D eigenvalue weighted by atomic mass is 9.97. The molecule has 0 saturated heterocycles. The van der Waals surface area contributed by atoms with Gasteiger partial charge in [0.2, 0.25) is 5.60 Å². The molecule has 3 rings (SSSR count). The molecule has 3 aromatic rings. The molecule has 0 saturated carbocycles. The van der Waals surface area contributed by atoms with E-state index in [1.807, 2.05) is 36.4 Å². The zero-order valence-corrected chi connectivity index (χ0v) is 14.7. The van der Waals surface area contributed by atoms with E-state index >= 15 is 0 Å². The third kappa shape index (κ3) is 4.06. The maximum atomic E-state index is 13.4. The molecule has 8 heteroatoms. The second-order valence-electron chi connectivity index (χ2n) is 6.28. The number of aryl methyl sites for hydroxylation is 1. The molecule has 5 nitrogen and oxygen atoms in total. The molecule has 2 aromatic heterocycles. The standard InChI is InChI=1S/C19H20F3N3O2/c1-25-12-11-24-17(25)18(26,19(20,21)22)9-10-23-13-15-7-8-16(27-15)14-5-3-2-4-6-14/h2-8,11-12,23,26H,9-10,13H2,1H3. The van der Waals surface area contributed by atoms with E-state index in [-0.39, 0.29) is 13.1 Å². The van der Waals surface area contributed by atoms with Crippen LogP contribution in [0.4, 0.5) is 13.2 Å². The van der Waals surface area contributed by atoms with Crippen molar-refractivity contribution in [3.63, 3.8) is 0 Å². The number of alkyl halides is 3. The van der Waals surface area contributed by atoms with Crippen LogP contribution in [0.1, 0.15) is 18.0 Å². The van der Waals surface area contributed by atoms with Crippen LogP contribution in [0.5, 0.6) is 0 Å². The number of hydrogen-bond acceptors (Lipinski definition) is 4. The minimum Gasteiger partial charge on any atom is -0.460 e. The highest BCUT2D eigenvalue weighted by molar-refractivity contribution is 5.57. The van der Waals surface area contributed by atoms with Crippen molar-refractivity contribution < 1.29 is 22.7 Å². The van der Waals surface area contributed by atoms with Gasteiger partial charge >= 0.3 is 6.18 Å². The number of halogens is 3. The highest BCUT2D eigenvalue weighted by Gasteiger charge is 2.56. The first-order valence-corrected chi connectivity index (χ1v) is 8.43. The molecule has 144 valence electrons. The second kappa shape index (κ2) is 7.58. The van der Waals surface area contributed by atoms with Crippen LogP contribution in [0.25, 0.3) is 11.3 Å². The van der Waals surface area contributed by atoms with E-state index in [1.54, 1.807) is 6.07 Å². The summed E-state index contributed by atoms with van der Waals surface area (Å²) in [6.45, 7) is 0.186. The Kier molecular flexibility index (Phi) is 5.38. The molecule has 0 spiro atoms. The molecular weight excluding hydrogens is 359 g/mol. The lowest BCUT2D eigenvalue weighted by molar-refractivity contribution is -0.272. The Bertz CT molecular complexity index is 874. The Hall–Kier alpha value is -2.58. The summed E-state index contributed by atoms with van der Waals surface area (Å²) >= 11 is 0. The van der Waals surface area contributed by atoms with Crippen LogP contribution in [-0.4, -0.2) is 27.4 Å². The third-order valence-corrected chi connectivity index (χ3v) is 4.34. The van der Waals surface area contributed by atoms with E-state index in [1.165, 1.54) is 24.0 Å².